The average molecular weight is 356 g/mol. The largest absolute Gasteiger partial charge is 0.508 e. The fourth-order valence-corrected chi connectivity index (χ4v) is 2.89. The molecule has 0 heterocycles. The van der Waals surface area contributed by atoms with Crippen LogP contribution in [0.5, 0.6) is 5.75 Å². The van der Waals surface area contributed by atoms with Gasteiger partial charge in [0.25, 0.3) is 0 Å². The number of rotatable bonds is 6. The van der Waals surface area contributed by atoms with E-state index in [1.165, 1.54) is 12.1 Å². The molecule has 0 radical (unpaired) electrons. The normalized spacial score (nSPS) is 12.7. The second kappa shape index (κ2) is 9.29. The van der Waals surface area contributed by atoms with Crippen molar-refractivity contribution < 1.29 is 18.8 Å². The number of halogens is 1. The third-order valence-electron chi connectivity index (χ3n) is 2.90. The summed E-state index contributed by atoms with van der Waals surface area (Å²) in [6, 6.07) is 14.2. The smallest absolute Gasteiger partial charge is 0.338 e. The summed E-state index contributed by atoms with van der Waals surface area (Å²) in [5, 5.41) is 9.19. The lowest BCUT2D eigenvalue weighted by Crippen LogP contribution is -2.33. The topological polar surface area (TPSA) is 89.6 Å². The minimum Gasteiger partial charge on any atom is -0.508 e. The van der Waals surface area contributed by atoms with Crippen LogP contribution in [0.1, 0.15) is 10.4 Å². The molecular weight excluding hydrogens is 338 g/mol. The van der Waals surface area contributed by atoms with Crippen LogP contribution in [0.2, 0.25) is 0 Å². The minimum atomic E-state index is -1.31. The molecule has 5 nitrogen and oxygen atoms in total. The summed E-state index contributed by atoms with van der Waals surface area (Å²) >= 11 is 0. The molecule has 7 heteroatoms. The molecule has 2 aromatic rings. The lowest BCUT2D eigenvalue weighted by Gasteiger charge is -2.12. The number of carbonyl (C=O) groups excluding carboxylic acids is 1. The summed E-state index contributed by atoms with van der Waals surface area (Å²) in [6.45, 7) is -0.00243. The van der Waals surface area contributed by atoms with E-state index in [4.69, 9.17) is 10.5 Å². The monoisotopic (exact) mass is 355 g/mol. The van der Waals surface area contributed by atoms with Gasteiger partial charge in [0.05, 0.1) is 22.4 Å². The Labute approximate surface area is 143 Å². The number of ether oxygens (including phenoxy) is 1. The molecule has 0 saturated carbocycles. The number of aromatic hydroxyl groups is 1. The van der Waals surface area contributed by atoms with Gasteiger partial charge in [-0.15, -0.1) is 12.4 Å². The van der Waals surface area contributed by atoms with Crippen molar-refractivity contribution >= 4 is 29.2 Å². The Bertz CT molecular complexity index is 649. The zero-order valence-corrected chi connectivity index (χ0v) is 13.9. The van der Waals surface area contributed by atoms with Crippen LogP contribution in [-0.2, 0) is 15.5 Å². The molecule has 2 unspecified atom stereocenters. The van der Waals surface area contributed by atoms with Crippen LogP contribution in [0.4, 0.5) is 0 Å². The second-order valence-corrected chi connectivity index (χ2v) is 6.23. The van der Waals surface area contributed by atoms with Gasteiger partial charge in [-0.25, -0.2) is 4.79 Å². The average Bonchev–Trinajstić information content (AvgIpc) is 2.54. The van der Waals surface area contributed by atoms with Crippen LogP contribution < -0.4 is 5.73 Å². The summed E-state index contributed by atoms with van der Waals surface area (Å²) in [5.74, 6) is -0.166. The van der Waals surface area contributed by atoms with Crippen molar-refractivity contribution in [3.63, 3.8) is 0 Å². The fraction of sp³-hybridized carbons (Fsp3) is 0.188. The van der Waals surface area contributed by atoms with E-state index in [0.29, 0.717) is 10.5 Å². The van der Waals surface area contributed by atoms with E-state index in [0.717, 1.165) is 0 Å². The Morgan fingerprint density at radius 2 is 1.74 bits per heavy atom. The van der Waals surface area contributed by atoms with Crippen molar-refractivity contribution in [1.82, 2.24) is 0 Å². The SMILES string of the molecule is Cl.NC(COC(=O)c1ccccc1)CS(=O)c1ccc(O)cc1. The first-order chi connectivity index (χ1) is 10.6. The van der Waals surface area contributed by atoms with Gasteiger partial charge in [0, 0.05) is 10.6 Å². The Morgan fingerprint density at radius 1 is 1.13 bits per heavy atom. The molecule has 0 aliphatic heterocycles. The number of benzene rings is 2. The standard InChI is InChI=1S/C16H17NO4S.ClH/c17-13(10-21-16(19)12-4-2-1-3-5-12)11-22(20)15-8-6-14(18)7-9-15;/h1-9,13,18H,10-11,17H2;1H. The van der Waals surface area contributed by atoms with Gasteiger partial charge in [-0.05, 0) is 36.4 Å². The molecule has 0 spiro atoms. The summed E-state index contributed by atoms with van der Waals surface area (Å²) in [5.41, 5.74) is 6.30. The molecule has 2 aromatic carbocycles. The number of phenols is 1. The van der Waals surface area contributed by atoms with Crippen molar-refractivity contribution in [2.75, 3.05) is 12.4 Å². The van der Waals surface area contributed by atoms with Gasteiger partial charge in [0.1, 0.15) is 12.4 Å². The molecule has 2 rings (SSSR count). The van der Waals surface area contributed by atoms with E-state index in [9.17, 15) is 14.1 Å². The molecular formula is C16H18ClNO4S. The molecule has 0 fully saturated rings. The Balaban J connectivity index is 0.00000264. The first-order valence-corrected chi connectivity index (χ1v) is 8.03. The molecule has 0 saturated heterocycles. The minimum absolute atomic E-state index is 0. The highest BCUT2D eigenvalue weighted by Crippen LogP contribution is 2.13. The predicted molar refractivity (Wildman–Crippen MR) is 91.3 cm³/mol. The van der Waals surface area contributed by atoms with Gasteiger partial charge in [0.2, 0.25) is 0 Å². The van der Waals surface area contributed by atoms with Crippen molar-refractivity contribution in [1.29, 1.82) is 0 Å². The first kappa shape index (κ1) is 19.2. The number of hydrogen-bond acceptors (Lipinski definition) is 5. The molecule has 0 bridgehead atoms. The fourth-order valence-electron chi connectivity index (χ4n) is 1.78. The van der Waals surface area contributed by atoms with Gasteiger partial charge in [-0.2, -0.15) is 0 Å². The molecule has 0 aliphatic carbocycles. The van der Waals surface area contributed by atoms with E-state index in [1.807, 2.05) is 6.07 Å². The van der Waals surface area contributed by atoms with E-state index in [2.05, 4.69) is 0 Å². The summed E-state index contributed by atoms with van der Waals surface area (Å²) in [4.78, 5) is 12.3. The lowest BCUT2D eigenvalue weighted by atomic mass is 10.2. The maximum atomic E-state index is 12.1. The van der Waals surface area contributed by atoms with Crippen molar-refractivity contribution in [3.8, 4) is 5.75 Å². The van der Waals surface area contributed by atoms with Gasteiger partial charge in [0.15, 0.2) is 0 Å². The highest BCUT2D eigenvalue weighted by Gasteiger charge is 2.13. The van der Waals surface area contributed by atoms with Gasteiger partial charge >= 0.3 is 5.97 Å². The highest BCUT2D eigenvalue weighted by molar-refractivity contribution is 7.85. The maximum absolute atomic E-state index is 12.1. The van der Waals surface area contributed by atoms with Crippen molar-refractivity contribution in [3.05, 3.63) is 60.2 Å². The predicted octanol–water partition coefficient (Wildman–Crippen LogP) is 2.11. The van der Waals surface area contributed by atoms with Crippen molar-refractivity contribution in [2.45, 2.75) is 10.9 Å². The lowest BCUT2D eigenvalue weighted by molar-refractivity contribution is 0.0488. The first-order valence-electron chi connectivity index (χ1n) is 6.71. The van der Waals surface area contributed by atoms with Gasteiger partial charge in [-0.1, -0.05) is 18.2 Å². The molecule has 3 N–H and O–H groups in total. The summed E-state index contributed by atoms with van der Waals surface area (Å²) < 4.78 is 17.2. The number of esters is 1. The molecule has 124 valence electrons. The molecule has 0 amide bonds. The zero-order valence-electron chi connectivity index (χ0n) is 12.3. The van der Waals surface area contributed by atoms with E-state index in [1.54, 1.807) is 36.4 Å². The molecule has 0 aliphatic rings. The van der Waals surface area contributed by atoms with E-state index >= 15 is 0 Å². The number of carbonyl (C=O) groups is 1. The summed E-state index contributed by atoms with van der Waals surface area (Å²) in [6.07, 6.45) is 0. The second-order valence-electron chi connectivity index (χ2n) is 4.73. The van der Waals surface area contributed by atoms with Crippen LogP contribution in [0.15, 0.2) is 59.5 Å². The summed E-state index contributed by atoms with van der Waals surface area (Å²) in [7, 11) is -1.31. The van der Waals surface area contributed by atoms with E-state index in [-0.39, 0.29) is 30.5 Å². The van der Waals surface area contributed by atoms with Crippen LogP contribution in [-0.4, -0.2) is 33.7 Å². The third-order valence-corrected chi connectivity index (χ3v) is 4.43. The van der Waals surface area contributed by atoms with Crippen LogP contribution >= 0.6 is 12.4 Å². The zero-order chi connectivity index (χ0) is 15.9. The van der Waals surface area contributed by atoms with Gasteiger partial charge < -0.3 is 15.6 Å². The molecule has 0 aromatic heterocycles. The van der Waals surface area contributed by atoms with Gasteiger partial charge in [-0.3, -0.25) is 4.21 Å². The quantitative estimate of drug-likeness (QED) is 0.774. The van der Waals surface area contributed by atoms with Crippen LogP contribution in [0.3, 0.4) is 0 Å². The number of phenolic OH excluding ortho intramolecular Hbond substituents is 1. The maximum Gasteiger partial charge on any atom is 0.338 e. The van der Waals surface area contributed by atoms with E-state index < -0.39 is 22.8 Å². The third kappa shape index (κ3) is 6.02. The highest BCUT2D eigenvalue weighted by atomic mass is 35.5. The number of hydrogen-bond donors (Lipinski definition) is 2. The van der Waals surface area contributed by atoms with Crippen LogP contribution in [0, 0.1) is 0 Å². The molecule has 2 atom stereocenters. The Morgan fingerprint density at radius 3 is 2.35 bits per heavy atom. The Kier molecular flexibility index (Phi) is 7.74. The van der Waals surface area contributed by atoms with Crippen molar-refractivity contribution in [2.24, 2.45) is 5.73 Å². The Hall–Kier alpha value is -1.89. The number of nitrogens with two attached hydrogens (primary N) is 1. The molecule has 23 heavy (non-hydrogen) atoms. The van der Waals surface area contributed by atoms with Crippen LogP contribution in [0.25, 0.3) is 0 Å².